The second kappa shape index (κ2) is 5.02. The molecule has 3 rings (SSSR count). The first kappa shape index (κ1) is 12.8. The average Bonchev–Trinajstić information content (AvgIpc) is 2.80. The van der Waals surface area contributed by atoms with Crippen molar-refractivity contribution in [2.75, 3.05) is 33.4 Å². The van der Waals surface area contributed by atoms with Crippen molar-refractivity contribution in [3.05, 3.63) is 23.3 Å². The molecule has 1 aromatic rings. The van der Waals surface area contributed by atoms with Crippen LogP contribution in [0.1, 0.15) is 23.6 Å². The smallest absolute Gasteiger partial charge is 0.164 e. The number of aryl methyl sites for hydroxylation is 1. The van der Waals surface area contributed by atoms with Crippen LogP contribution in [-0.4, -0.2) is 38.3 Å². The van der Waals surface area contributed by atoms with Gasteiger partial charge in [-0.25, -0.2) is 0 Å². The Balaban J connectivity index is 1.91. The van der Waals surface area contributed by atoms with Gasteiger partial charge in [0.05, 0.1) is 0 Å². The van der Waals surface area contributed by atoms with Gasteiger partial charge >= 0.3 is 0 Å². The zero-order valence-electron chi connectivity index (χ0n) is 11.7. The maximum Gasteiger partial charge on any atom is 0.164 e. The van der Waals surface area contributed by atoms with Crippen molar-refractivity contribution in [1.82, 2.24) is 4.90 Å². The zero-order valence-corrected chi connectivity index (χ0v) is 11.7. The molecule has 1 aromatic carbocycles. The second-order valence-corrected chi connectivity index (χ2v) is 5.65. The molecule has 2 unspecified atom stereocenters. The van der Waals surface area contributed by atoms with Gasteiger partial charge in [0.15, 0.2) is 11.5 Å². The highest BCUT2D eigenvalue weighted by atomic mass is 16.6. The summed E-state index contributed by atoms with van der Waals surface area (Å²) in [6.45, 7) is 5.22. The van der Waals surface area contributed by atoms with Crippen LogP contribution in [-0.2, 0) is 0 Å². The molecular weight excluding hydrogens is 240 g/mol. The third kappa shape index (κ3) is 2.30. The number of nitrogens with two attached hydrogens (primary N) is 1. The van der Waals surface area contributed by atoms with Gasteiger partial charge in [-0.15, -0.1) is 0 Å². The van der Waals surface area contributed by atoms with Crippen LogP contribution in [0.2, 0.25) is 0 Å². The van der Waals surface area contributed by atoms with Crippen molar-refractivity contribution in [3.63, 3.8) is 0 Å². The molecule has 2 atom stereocenters. The van der Waals surface area contributed by atoms with Gasteiger partial charge < -0.3 is 15.2 Å². The summed E-state index contributed by atoms with van der Waals surface area (Å²) in [5, 5.41) is 0. The van der Waals surface area contributed by atoms with E-state index >= 15 is 0 Å². The Morgan fingerprint density at radius 2 is 2.11 bits per heavy atom. The van der Waals surface area contributed by atoms with Gasteiger partial charge in [-0.3, -0.25) is 4.90 Å². The summed E-state index contributed by atoms with van der Waals surface area (Å²) in [7, 11) is 2.17. The van der Waals surface area contributed by atoms with E-state index in [4.69, 9.17) is 15.2 Å². The molecular formula is C15H22N2O2. The number of likely N-dealkylation sites (tertiary alicyclic amines) is 1. The highest BCUT2D eigenvalue weighted by Crippen LogP contribution is 2.40. The molecule has 4 heteroatoms. The van der Waals surface area contributed by atoms with Gasteiger partial charge in [-0.05, 0) is 50.0 Å². The molecule has 19 heavy (non-hydrogen) atoms. The van der Waals surface area contributed by atoms with Crippen molar-refractivity contribution in [2.24, 2.45) is 11.7 Å². The van der Waals surface area contributed by atoms with Gasteiger partial charge in [-0.1, -0.05) is 6.07 Å². The molecule has 0 amide bonds. The lowest BCUT2D eigenvalue weighted by atomic mass is 9.97. The van der Waals surface area contributed by atoms with Crippen LogP contribution in [0.3, 0.4) is 0 Å². The first-order chi connectivity index (χ1) is 9.19. The molecule has 0 saturated carbocycles. The Labute approximate surface area is 114 Å². The number of benzene rings is 1. The van der Waals surface area contributed by atoms with E-state index in [2.05, 4.69) is 31.0 Å². The third-order valence-electron chi connectivity index (χ3n) is 4.20. The SMILES string of the molecule is Cc1cc(C2CC(CN)CN2C)cc2c1OCCO2. The van der Waals surface area contributed by atoms with Crippen molar-refractivity contribution in [2.45, 2.75) is 19.4 Å². The monoisotopic (exact) mass is 262 g/mol. The minimum Gasteiger partial charge on any atom is -0.486 e. The molecule has 4 nitrogen and oxygen atoms in total. The van der Waals surface area contributed by atoms with Crippen molar-refractivity contribution < 1.29 is 9.47 Å². The van der Waals surface area contributed by atoms with Crippen LogP contribution < -0.4 is 15.2 Å². The molecule has 104 valence electrons. The molecule has 1 fully saturated rings. The molecule has 0 aliphatic carbocycles. The van der Waals surface area contributed by atoms with E-state index < -0.39 is 0 Å². The maximum absolute atomic E-state index is 5.81. The predicted octanol–water partition coefficient (Wildman–Crippen LogP) is 1.72. The highest BCUT2D eigenvalue weighted by molar-refractivity contribution is 5.50. The Kier molecular flexibility index (Phi) is 3.37. The highest BCUT2D eigenvalue weighted by Gasteiger charge is 2.31. The fraction of sp³-hybridized carbons (Fsp3) is 0.600. The summed E-state index contributed by atoms with van der Waals surface area (Å²) in [6, 6.07) is 4.82. The number of hydrogen-bond donors (Lipinski definition) is 1. The molecule has 0 aromatic heterocycles. The molecule has 0 spiro atoms. The standard InChI is InChI=1S/C15H22N2O2/c1-10-5-12(7-14-15(10)19-4-3-18-14)13-6-11(8-16)9-17(13)2/h5,7,11,13H,3-4,6,8-9,16H2,1-2H3. The fourth-order valence-electron chi connectivity index (χ4n) is 3.21. The van der Waals surface area contributed by atoms with Gasteiger partial charge in [0.25, 0.3) is 0 Å². The lowest BCUT2D eigenvalue weighted by Gasteiger charge is -2.25. The Morgan fingerprint density at radius 3 is 2.84 bits per heavy atom. The molecule has 0 bridgehead atoms. The molecule has 0 radical (unpaired) electrons. The predicted molar refractivity (Wildman–Crippen MR) is 74.7 cm³/mol. The van der Waals surface area contributed by atoms with Gasteiger partial charge in [0.2, 0.25) is 0 Å². The zero-order chi connectivity index (χ0) is 13.4. The Morgan fingerprint density at radius 1 is 1.32 bits per heavy atom. The lowest BCUT2D eigenvalue weighted by Crippen LogP contribution is -2.21. The summed E-state index contributed by atoms with van der Waals surface area (Å²) in [6.07, 6.45) is 1.13. The minimum absolute atomic E-state index is 0.447. The average molecular weight is 262 g/mol. The van der Waals surface area contributed by atoms with Crippen LogP contribution in [0.5, 0.6) is 11.5 Å². The maximum atomic E-state index is 5.81. The first-order valence-electron chi connectivity index (χ1n) is 6.99. The summed E-state index contributed by atoms with van der Waals surface area (Å²) in [5.74, 6) is 2.40. The quantitative estimate of drug-likeness (QED) is 0.881. The third-order valence-corrected chi connectivity index (χ3v) is 4.20. The van der Waals surface area contributed by atoms with E-state index in [1.165, 1.54) is 5.56 Å². The van der Waals surface area contributed by atoms with Crippen LogP contribution in [0.25, 0.3) is 0 Å². The van der Waals surface area contributed by atoms with Crippen LogP contribution >= 0.6 is 0 Å². The van der Waals surface area contributed by atoms with Gasteiger partial charge in [0, 0.05) is 12.6 Å². The first-order valence-corrected chi connectivity index (χ1v) is 6.99. The number of fused-ring (bicyclic) bond motifs is 1. The summed E-state index contributed by atoms with van der Waals surface area (Å²) < 4.78 is 11.4. The summed E-state index contributed by atoms with van der Waals surface area (Å²) in [5.41, 5.74) is 8.29. The van der Waals surface area contributed by atoms with E-state index in [0.29, 0.717) is 25.2 Å². The second-order valence-electron chi connectivity index (χ2n) is 5.65. The Hall–Kier alpha value is -1.26. The Bertz CT molecular complexity index is 475. The van der Waals surface area contributed by atoms with E-state index in [1.807, 2.05) is 0 Å². The number of ether oxygens (including phenoxy) is 2. The van der Waals surface area contributed by atoms with Gasteiger partial charge in [-0.2, -0.15) is 0 Å². The van der Waals surface area contributed by atoms with Crippen molar-refractivity contribution in [3.8, 4) is 11.5 Å². The largest absolute Gasteiger partial charge is 0.486 e. The molecule has 2 aliphatic rings. The van der Waals surface area contributed by atoms with E-state index in [-0.39, 0.29) is 0 Å². The molecule has 2 aliphatic heterocycles. The van der Waals surface area contributed by atoms with Crippen LogP contribution in [0.4, 0.5) is 0 Å². The number of rotatable bonds is 2. The molecule has 2 heterocycles. The molecule has 2 N–H and O–H groups in total. The van der Waals surface area contributed by atoms with E-state index in [9.17, 15) is 0 Å². The summed E-state index contributed by atoms with van der Waals surface area (Å²) >= 11 is 0. The van der Waals surface area contributed by atoms with Crippen molar-refractivity contribution >= 4 is 0 Å². The minimum atomic E-state index is 0.447. The van der Waals surface area contributed by atoms with Crippen LogP contribution in [0.15, 0.2) is 12.1 Å². The lowest BCUT2D eigenvalue weighted by molar-refractivity contribution is 0.170. The number of nitrogens with zero attached hydrogens (tertiary/aromatic N) is 1. The summed E-state index contributed by atoms with van der Waals surface area (Å²) in [4.78, 5) is 2.39. The topological polar surface area (TPSA) is 47.7 Å². The number of hydrogen-bond acceptors (Lipinski definition) is 4. The van der Waals surface area contributed by atoms with Crippen LogP contribution in [0, 0.1) is 12.8 Å². The van der Waals surface area contributed by atoms with E-state index in [1.54, 1.807) is 0 Å². The van der Waals surface area contributed by atoms with E-state index in [0.717, 1.165) is 36.6 Å². The van der Waals surface area contributed by atoms with Gasteiger partial charge in [0.1, 0.15) is 13.2 Å². The fourth-order valence-corrected chi connectivity index (χ4v) is 3.21. The van der Waals surface area contributed by atoms with Crippen molar-refractivity contribution in [1.29, 1.82) is 0 Å². The molecule has 1 saturated heterocycles. The normalized spacial score (nSPS) is 26.7.